The van der Waals surface area contributed by atoms with Crippen molar-refractivity contribution in [3.63, 3.8) is 0 Å². The molecule has 1 atom stereocenters. The highest BCUT2D eigenvalue weighted by atomic mass is 35.5. The first-order valence-electron chi connectivity index (χ1n) is 10.9. The zero-order valence-corrected chi connectivity index (χ0v) is 22.4. The summed E-state index contributed by atoms with van der Waals surface area (Å²) in [5.41, 5.74) is 2.61. The summed E-state index contributed by atoms with van der Waals surface area (Å²) >= 11 is 31.2. The maximum atomic E-state index is 6.53. The Morgan fingerprint density at radius 3 is 2.34 bits per heavy atom. The summed E-state index contributed by atoms with van der Waals surface area (Å²) in [6.45, 7) is 2.36. The fourth-order valence-corrected chi connectivity index (χ4v) is 4.82. The average Bonchev–Trinajstić information content (AvgIpc) is 3.26. The van der Waals surface area contributed by atoms with E-state index in [2.05, 4.69) is 14.5 Å². The third-order valence-corrected chi connectivity index (χ3v) is 6.93. The number of para-hydroxylation sites is 1. The van der Waals surface area contributed by atoms with Crippen LogP contribution in [0.15, 0.2) is 79.4 Å². The van der Waals surface area contributed by atoms with Gasteiger partial charge in [-0.15, -0.1) is 0 Å². The number of hydrogen-bond acceptors (Lipinski definition) is 2. The predicted octanol–water partition coefficient (Wildman–Crippen LogP) is 8.11. The van der Waals surface area contributed by atoms with Crippen molar-refractivity contribution in [2.24, 2.45) is 0 Å². The van der Waals surface area contributed by atoms with Crippen molar-refractivity contribution in [1.29, 1.82) is 0 Å². The van der Waals surface area contributed by atoms with Gasteiger partial charge in [-0.05, 0) is 42.0 Å². The molecular weight excluding hydrogens is 548 g/mol. The zero-order valence-electron chi connectivity index (χ0n) is 18.6. The van der Waals surface area contributed by atoms with Gasteiger partial charge in [0.2, 0.25) is 6.33 Å². The molecule has 0 aliphatic heterocycles. The Labute approximate surface area is 229 Å². The third-order valence-electron chi connectivity index (χ3n) is 5.45. The largest absolute Gasteiger partial charge is 0.380 e. The van der Waals surface area contributed by atoms with Crippen LogP contribution in [0, 0.1) is 0 Å². The van der Waals surface area contributed by atoms with Gasteiger partial charge < -0.3 is 10.1 Å². The molecule has 9 heteroatoms. The van der Waals surface area contributed by atoms with Crippen molar-refractivity contribution in [3.05, 3.63) is 116 Å². The van der Waals surface area contributed by atoms with Crippen molar-refractivity contribution in [2.45, 2.75) is 25.8 Å². The summed E-state index contributed by atoms with van der Waals surface area (Å²) < 4.78 is 10.5. The Morgan fingerprint density at radius 1 is 0.857 bits per heavy atom. The van der Waals surface area contributed by atoms with Crippen LogP contribution in [0.25, 0.3) is 0 Å². The van der Waals surface area contributed by atoms with Gasteiger partial charge in [0, 0.05) is 25.7 Å². The number of imidazole rings is 1. The number of benzene rings is 3. The number of hydrogen-bond donors (Lipinski definition) is 1. The molecule has 0 fully saturated rings. The monoisotopic (exact) mass is 568 g/mol. The minimum Gasteiger partial charge on any atom is -0.380 e. The Morgan fingerprint density at radius 2 is 1.60 bits per heavy atom. The number of nitrogens with zero attached hydrogens (tertiary/aromatic N) is 2. The molecule has 1 N–H and O–H groups in total. The van der Waals surface area contributed by atoms with E-state index in [-0.39, 0.29) is 6.10 Å². The molecule has 0 aliphatic rings. The molecule has 1 aromatic heterocycles. The molecule has 4 rings (SSSR count). The van der Waals surface area contributed by atoms with Crippen LogP contribution < -0.4 is 9.88 Å². The Bertz CT molecular complexity index is 1290. The highest BCUT2D eigenvalue weighted by molar-refractivity contribution is 6.35. The van der Waals surface area contributed by atoms with Crippen LogP contribution in [0.1, 0.15) is 17.2 Å². The van der Waals surface area contributed by atoms with E-state index in [9.17, 15) is 0 Å². The lowest BCUT2D eigenvalue weighted by Crippen LogP contribution is -2.35. The van der Waals surface area contributed by atoms with Crippen molar-refractivity contribution >= 4 is 63.7 Å². The van der Waals surface area contributed by atoms with Crippen molar-refractivity contribution < 1.29 is 9.30 Å². The van der Waals surface area contributed by atoms with E-state index in [1.54, 1.807) is 18.2 Å². The van der Waals surface area contributed by atoms with E-state index in [0.29, 0.717) is 38.3 Å². The first-order valence-corrected chi connectivity index (χ1v) is 12.8. The van der Waals surface area contributed by atoms with Crippen molar-refractivity contribution in [1.82, 2.24) is 4.57 Å². The molecule has 0 spiro atoms. The molecule has 0 aliphatic carbocycles. The van der Waals surface area contributed by atoms with Gasteiger partial charge in [0.15, 0.2) is 0 Å². The van der Waals surface area contributed by atoms with Gasteiger partial charge >= 0.3 is 0 Å². The Hall–Kier alpha value is -1.92. The smallest absolute Gasteiger partial charge is 0.243 e. The lowest BCUT2D eigenvalue weighted by molar-refractivity contribution is -0.704. The predicted molar refractivity (Wildman–Crippen MR) is 145 cm³/mol. The molecule has 35 heavy (non-hydrogen) atoms. The quantitative estimate of drug-likeness (QED) is 0.195. The van der Waals surface area contributed by atoms with E-state index >= 15 is 0 Å². The Balaban J connectivity index is 1.44. The first kappa shape index (κ1) is 26.2. The van der Waals surface area contributed by atoms with E-state index in [1.165, 1.54) is 0 Å². The molecule has 182 valence electrons. The van der Waals surface area contributed by atoms with Crippen LogP contribution in [0.2, 0.25) is 25.1 Å². The molecule has 1 unspecified atom stereocenters. The number of anilines is 1. The zero-order chi connectivity index (χ0) is 24.8. The van der Waals surface area contributed by atoms with E-state index in [0.717, 1.165) is 29.9 Å². The maximum Gasteiger partial charge on any atom is 0.243 e. The topological polar surface area (TPSA) is 30.1 Å². The van der Waals surface area contributed by atoms with Crippen molar-refractivity contribution in [3.8, 4) is 0 Å². The lowest BCUT2D eigenvalue weighted by Gasteiger charge is -2.19. The SMILES string of the molecule is Clc1ccc(COC(C[n+]2ccn(CCNc3ccccc3Cl)c2)c2ccc(Cl)cc2Cl)c(Cl)c1. The number of nitrogens with one attached hydrogen (secondary N) is 1. The molecule has 0 saturated carbocycles. The van der Waals surface area contributed by atoms with Gasteiger partial charge in [0.1, 0.15) is 31.6 Å². The van der Waals surface area contributed by atoms with Crippen LogP contribution in [-0.4, -0.2) is 11.1 Å². The normalized spacial score (nSPS) is 12.0. The van der Waals surface area contributed by atoms with Crippen LogP contribution >= 0.6 is 58.0 Å². The second kappa shape index (κ2) is 12.4. The van der Waals surface area contributed by atoms with Gasteiger partial charge in [-0.2, -0.15) is 0 Å². The van der Waals surface area contributed by atoms with Gasteiger partial charge in [-0.3, -0.25) is 0 Å². The van der Waals surface area contributed by atoms with E-state index in [1.807, 2.05) is 61.2 Å². The number of rotatable bonds is 10. The maximum absolute atomic E-state index is 6.53. The molecular formula is C26H23Cl5N3O+. The highest BCUT2D eigenvalue weighted by Gasteiger charge is 2.20. The van der Waals surface area contributed by atoms with Crippen LogP contribution in [0.5, 0.6) is 0 Å². The summed E-state index contributed by atoms with van der Waals surface area (Å²) in [4.78, 5) is 0. The van der Waals surface area contributed by atoms with Gasteiger partial charge in [0.25, 0.3) is 0 Å². The molecule has 3 aromatic carbocycles. The van der Waals surface area contributed by atoms with Gasteiger partial charge in [-0.25, -0.2) is 9.13 Å². The summed E-state index contributed by atoms with van der Waals surface area (Å²) in [6, 6.07) is 18.5. The van der Waals surface area contributed by atoms with Gasteiger partial charge in [-0.1, -0.05) is 82.3 Å². The molecule has 0 radical (unpaired) electrons. The summed E-state index contributed by atoms with van der Waals surface area (Å²) in [7, 11) is 0. The lowest BCUT2D eigenvalue weighted by atomic mass is 10.1. The molecule has 4 aromatic rings. The average molecular weight is 571 g/mol. The number of ether oxygens (including phenoxy) is 1. The summed E-state index contributed by atoms with van der Waals surface area (Å²) in [5, 5.41) is 6.32. The molecule has 1 heterocycles. The fourth-order valence-electron chi connectivity index (χ4n) is 3.63. The van der Waals surface area contributed by atoms with Crippen LogP contribution in [0.3, 0.4) is 0 Å². The number of halogens is 5. The molecule has 0 bridgehead atoms. The minimum atomic E-state index is -0.325. The second-order valence-electron chi connectivity index (χ2n) is 7.96. The highest BCUT2D eigenvalue weighted by Crippen LogP contribution is 2.31. The molecule has 0 saturated heterocycles. The fraction of sp³-hybridized carbons (Fsp3) is 0.192. The van der Waals surface area contributed by atoms with Crippen LogP contribution in [-0.2, 0) is 24.4 Å². The number of aromatic nitrogens is 2. The van der Waals surface area contributed by atoms with Crippen molar-refractivity contribution in [2.75, 3.05) is 11.9 Å². The molecule has 0 amide bonds. The minimum absolute atomic E-state index is 0.308. The van der Waals surface area contributed by atoms with E-state index < -0.39 is 0 Å². The summed E-state index contributed by atoms with van der Waals surface area (Å²) in [6.07, 6.45) is 5.73. The first-order chi connectivity index (χ1) is 16.9. The summed E-state index contributed by atoms with van der Waals surface area (Å²) in [5.74, 6) is 0. The van der Waals surface area contributed by atoms with Crippen LogP contribution in [0.4, 0.5) is 5.69 Å². The standard InChI is InChI=1S/C26H23Cl5N3O/c27-19-6-5-18(23(30)13-19)16-35-26(21-8-7-20(28)14-24(21)31)15-34-12-11-33(17-34)10-9-32-25-4-2-1-3-22(25)29/h1-8,11-14,17,26,32H,9-10,15-16H2/q+1. The van der Waals surface area contributed by atoms with E-state index in [4.69, 9.17) is 62.7 Å². The second-order valence-corrected chi connectivity index (χ2v) is 10.1. The third kappa shape index (κ3) is 7.29. The van der Waals surface area contributed by atoms with Gasteiger partial charge in [0.05, 0.1) is 23.9 Å². The Kier molecular flexibility index (Phi) is 9.23. The molecule has 4 nitrogen and oxygen atoms in total.